The molecule has 3 rings (SSSR count). The molecular formula is C19H27N3O4. The minimum atomic E-state index is -0.494. The Balaban J connectivity index is 1.67. The number of methoxy groups -OCH3 is 1. The van der Waals surface area contributed by atoms with E-state index in [1.165, 1.54) is 6.42 Å². The summed E-state index contributed by atoms with van der Waals surface area (Å²) in [6.45, 7) is 0.420. The van der Waals surface area contributed by atoms with Gasteiger partial charge in [0, 0.05) is 18.2 Å². The minimum Gasteiger partial charge on any atom is -0.495 e. The van der Waals surface area contributed by atoms with Crippen LogP contribution in [0, 0.1) is 5.92 Å². The van der Waals surface area contributed by atoms with Gasteiger partial charge in [0.2, 0.25) is 11.8 Å². The van der Waals surface area contributed by atoms with E-state index in [-0.39, 0.29) is 17.7 Å². The number of benzene rings is 1. The van der Waals surface area contributed by atoms with Crippen LogP contribution in [0.2, 0.25) is 0 Å². The maximum absolute atomic E-state index is 12.5. The number of aliphatic hydroxyl groups excluding tert-OH is 1. The molecule has 142 valence electrons. The molecule has 1 saturated heterocycles. The third kappa shape index (κ3) is 4.53. The van der Waals surface area contributed by atoms with Crippen molar-refractivity contribution in [1.82, 2.24) is 5.32 Å². The average Bonchev–Trinajstić information content (AvgIpc) is 3.09. The van der Waals surface area contributed by atoms with Gasteiger partial charge < -0.3 is 25.8 Å². The first-order chi connectivity index (χ1) is 12.6. The molecule has 0 radical (unpaired) electrons. The van der Waals surface area contributed by atoms with E-state index in [2.05, 4.69) is 16.0 Å². The van der Waals surface area contributed by atoms with E-state index in [1.54, 1.807) is 25.3 Å². The second kappa shape index (κ2) is 8.51. The number of anilines is 2. The Kier molecular flexibility index (Phi) is 6.11. The Morgan fingerprint density at radius 2 is 1.92 bits per heavy atom. The zero-order valence-electron chi connectivity index (χ0n) is 15.1. The van der Waals surface area contributed by atoms with Crippen molar-refractivity contribution in [3.8, 4) is 5.75 Å². The summed E-state index contributed by atoms with van der Waals surface area (Å²) in [7, 11) is 1.55. The number of amides is 2. The SMILES string of the molecule is COc1ccc(NC(=O)C2CC(O)CN2)cc1NC(=O)C1CCCCC1. The molecule has 1 aliphatic carbocycles. The Hall–Kier alpha value is -2.12. The lowest BCUT2D eigenvalue weighted by Gasteiger charge is -2.21. The van der Waals surface area contributed by atoms with Gasteiger partial charge in [0.15, 0.2) is 0 Å². The Labute approximate surface area is 153 Å². The van der Waals surface area contributed by atoms with Crippen molar-refractivity contribution in [2.75, 3.05) is 24.3 Å². The highest BCUT2D eigenvalue weighted by Crippen LogP contribution is 2.30. The molecular weight excluding hydrogens is 334 g/mol. The molecule has 0 aromatic heterocycles. The minimum absolute atomic E-state index is 0.00654. The van der Waals surface area contributed by atoms with Crippen molar-refractivity contribution >= 4 is 23.2 Å². The fraction of sp³-hybridized carbons (Fsp3) is 0.579. The van der Waals surface area contributed by atoms with Gasteiger partial charge in [-0.15, -0.1) is 0 Å². The van der Waals surface area contributed by atoms with Gasteiger partial charge in [-0.25, -0.2) is 0 Å². The maximum atomic E-state index is 12.5. The number of β-amino-alcohol motifs (C(OH)–C–C–N with tert-alkyl or cyclic N) is 1. The lowest BCUT2D eigenvalue weighted by Crippen LogP contribution is -2.35. The van der Waals surface area contributed by atoms with Crippen molar-refractivity contribution in [2.24, 2.45) is 5.92 Å². The van der Waals surface area contributed by atoms with Crippen molar-refractivity contribution in [3.63, 3.8) is 0 Å². The smallest absolute Gasteiger partial charge is 0.241 e. The van der Waals surface area contributed by atoms with Crippen LogP contribution in [0.5, 0.6) is 5.75 Å². The van der Waals surface area contributed by atoms with Gasteiger partial charge in [-0.05, 0) is 37.5 Å². The first kappa shape index (κ1) is 18.7. The number of aliphatic hydroxyl groups is 1. The average molecular weight is 361 g/mol. The summed E-state index contributed by atoms with van der Waals surface area (Å²) in [5.74, 6) is 0.404. The molecule has 2 aliphatic rings. The number of rotatable bonds is 5. The topological polar surface area (TPSA) is 99.7 Å². The molecule has 7 nitrogen and oxygen atoms in total. The van der Waals surface area contributed by atoms with Crippen molar-refractivity contribution in [3.05, 3.63) is 18.2 Å². The summed E-state index contributed by atoms with van der Waals surface area (Å²) in [4.78, 5) is 24.8. The quantitative estimate of drug-likeness (QED) is 0.642. The van der Waals surface area contributed by atoms with Crippen molar-refractivity contribution < 1.29 is 19.4 Å². The molecule has 2 amide bonds. The lowest BCUT2D eigenvalue weighted by molar-refractivity contribution is -0.120. The zero-order valence-corrected chi connectivity index (χ0v) is 15.1. The molecule has 1 heterocycles. The third-order valence-electron chi connectivity index (χ3n) is 5.12. The van der Waals surface area contributed by atoms with Crippen LogP contribution >= 0.6 is 0 Å². The molecule has 1 saturated carbocycles. The normalized spacial score (nSPS) is 23.5. The van der Waals surface area contributed by atoms with E-state index < -0.39 is 12.1 Å². The highest BCUT2D eigenvalue weighted by atomic mass is 16.5. The Morgan fingerprint density at radius 3 is 2.58 bits per heavy atom. The van der Waals surface area contributed by atoms with Crippen LogP contribution < -0.4 is 20.7 Å². The molecule has 0 bridgehead atoms. The number of ether oxygens (including phenoxy) is 1. The van der Waals surface area contributed by atoms with Gasteiger partial charge in [-0.1, -0.05) is 19.3 Å². The summed E-state index contributed by atoms with van der Waals surface area (Å²) >= 11 is 0. The van der Waals surface area contributed by atoms with Gasteiger partial charge in [0.25, 0.3) is 0 Å². The predicted molar refractivity (Wildman–Crippen MR) is 99.2 cm³/mol. The largest absolute Gasteiger partial charge is 0.495 e. The molecule has 2 unspecified atom stereocenters. The van der Waals surface area contributed by atoms with Crippen LogP contribution in [0.4, 0.5) is 11.4 Å². The van der Waals surface area contributed by atoms with Gasteiger partial charge in [0.1, 0.15) is 5.75 Å². The second-order valence-electron chi connectivity index (χ2n) is 7.08. The predicted octanol–water partition coefficient (Wildman–Crippen LogP) is 1.88. The van der Waals surface area contributed by atoms with E-state index in [0.717, 1.165) is 25.7 Å². The highest BCUT2D eigenvalue weighted by Gasteiger charge is 2.28. The summed E-state index contributed by atoms with van der Waals surface area (Å²) in [5, 5.41) is 18.3. The fourth-order valence-electron chi connectivity index (χ4n) is 3.63. The number of hydrogen-bond acceptors (Lipinski definition) is 5. The molecule has 4 N–H and O–H groups in total. The van der Waals surface area contributed by atoms with Crippen LogP contribution in [0.15, 0.2) is 18.2 Å². The molecule has 1 aromatic rings. The summed E-state index contributed by atoms with van der Waals surface area (Å²) < 4.78 is 5.33. The first-order valence-corrected chi connectivity index (χ1v) is 9.28. The number of hydrogen-bond donors (Lipinski definition) is 4. The molecule has 26 heavy (non-hydrogen) atoms. The van der Waals surface area contributed by atoms with E-state index in [0.29, 0.717) is 30.1 Å². The number of carbonyl (C=O) groups is 2. The van der Waals surface area contributed by atoms with E-state index in [4.69, 9.17) is 4.74 Å². The zero-order chi connectivity index (χ0) is 18.5. The van der Waals surface area contributed by atoms with Gasteiger partial charge >= 0.3 is 0 Å². The maximum Gasteiger partial charge on any atom is 0.241 e. The van der Waals surface area contributed by atoms with Gasteiger partial charge in [-0.2, -0.15) is 0 Å². The molecule has 2 atom stereocenters. The van der Waals surface area contributed by atoms with Crippen LogP contribution in [0.25, 0.3) is 0 Å². The van der Waals surface area contributed by atoms with E-state index in [1.807, 2.05) is 0 Å². The second-order valence-corrected chi connectivity index (χ2v) is 7.08. The monoisotopic (exact) mass is 361 g/mol. The van der Waals surface area contributed by atoms with Crippen LogP contribution in [0.1, 0.15) is 38.5 Å². The first-order valence-electron chi connectivity index (χ1n) is 9.28. The summed E-state index contributed by atoms with van der Waals surface area (Å²) in [6, 6.07) is 4.76. The fourth-order valence-corrected chi connectivity index (χ4v) is 3.63. The standard InChI is InChI=1S/C19H27N3O4/c1-26-17-8-7-13(21-19(25)16-10-14(23)11-20-16)9-15(17)22-18(24)12-5-3-2-4-6-12/h7-9,12,14,16,20,23H,2-6,10-11H2,1H3,(H,21,25)(H,22,24). The molecule has 0 spiro atoms. The van der Waals surface area contributed by atoms with Crippen LogP contribution in [-0.2, 0) is 9.59 Å². The van der Waals surface area contributed by atoms with Crippen molar-refractivity contribution in [1.29, 1.82) is 0 Å². The molecule has 1 aliphatic heterocycles. The Bertz CT molecular complexity index is 658. The summed E-state index contributed by atoms with van der Waals surface area (Å²) in [6.07, 6.45) is 5.11. The van der Waals surface area contributed by atoms with E-state index >= 15 is 0 Å². The van der Waals surface area contributed by atoms with Crippen LogP contribution in [0.3, 0.4) is 0 Å². The van der Waals surface area contributed by atoms with Crippen LogP contribution in [-0.4, -0.2) is 42.7 Å². The molecule has 1 aromatic carbocycles. The summed E-state index contributed by atoms with van der Waals surface area (Å²) in [5.41, 5.74) is 1.14. The number of nitrogens with one attached hydrogen (secondary N) is 3. The van der Waals surface area contributed by atoms with Gasteiger partial charge in [-0.3, -0.25) is 9.59 Å². The van der Waals surface area contributed by atoms with E-state index in [9.17, 15) is 14.7 Å². The lowest BCUT2D eigenvalue weighted by atomic mass is 9.88. The third-order valence-corrected chi connectivity index (χ3v) is 5.12. The Morgan fingerprint density at radius 1 is 1.15 bits per heavy atom. The van der Waals surface area contributed by atoms with Gasteiger partial charge in [0.05, 0.1) is 24.9 Å². The molecule has 2 fully saturated rings. The van der Waals surface area contributed by atoms with Crippen molar-refractivity contribution in [2.45, 2.75) is 50.7 Å². The number of carbonyl (C=O) groups excluding carboxylic acids is 2. The molecule has 7 heteroatoms. The highest BCUT2D eigenvalue weighted by molar-refractivity contribution is 5.98.